The molecule has 8 heteroatoms. The topological polar surface area (TPSA) is 86.2 Å². The minimum atomic E-state index is -0.414. The molecule has 8 nitrogen and oxygen atoms in total. The highest BCUT2D eigenvalue weighted by Gasteiger charge is 2.53. The van der Waals surface area contributed by atoms with Crippen molar-refractivity contribution in [3.05, 3.63) is 47.0 Å². The quantitative estimate of drug-likeness (QED) is 0.689. The number of fused-ring (bicyclic) bond motifs is 1. The average Bonchev–Trinajstić information content (AvgIpc) is 3.33. The van der Waals surface area contributed by atoms with E-state index in [0.29, 0.717) is 18.7 Å². The van der Waals surface area contributed by atoms with E-state index in [1.165, 1.54) is 6.42 Å². The molecule has 2 aromatic heterocycles. The summed E-state index contributed by atoms with van der Waals surface area (Å²) < 4.78 is 8.77. The molecule has 1 saturated heterocycles. The molecule has 1 aromatic carbocycles. The van der Waals surface area contributed by atoms with Crippen LogP contribution >= 0.6 is 0 Å². The lowest BCUT2D eigenvalue weighted by Crippen LogP contribution is -2.38. The number of nitrogens with zero attached hydrogens (tertiary/aromatic N) is 5. The maximum atomic E-state index is 13.0. The number of aryl methyl sites for hydroxylation is 2. The molecule has 2 aliphatic rings. The normalized spacial score (nSPS) is 20.8. The first-order valence-corrected chi connectivity index (χ1v) is 9.77. The number of rotatable bonds is 4. The highest BCUT2D eigenvalue weighted by Crippen LogP contribution is 2.55. The van der Waals surface area contributed by atoms with Crippen LogP contribution in [0.25, 0.3) is 11.1 Å². The van der Waals surface area contributed by atoms with Crippen molar-refractivity contribution in [1.82, 2.24) is 24.2 Å². The van der Waals surface area contributed by atoms with Crippen LogP contribution < -0.4 is 5.76 Å². The van der Waals surface area contributed by atoms with E-state index in [9.17, 15) is 9.59 Å². The molecule has 0 bridgehead atoms. The fourth-order valence-electron chi connectivity index (χ4n) is 4.85. The summed E-state index contributed by atoms with van der Waals surface area (Å²) in [5, 5.41) is 8.35. The van der Waals surface area contributed by atoms with Gasteiger partial charge in [-0.1, -0.05) is 18.6 Å². The van der Waals surface area contributed by atoms with Crippen molar-refractivity contribution in [3.63, 3.8) is 0 Å². The number of aromatic nitrogens is 4. The van der Waals surface area contributed by atoms with E-state index >= 15 is 0 Å². The molecule has 1 spiro atoms. The minimum Gasteiger partial charge on any atom is -0.408 e. The van der Waals surface area contributed by atoms with Crippen molar-refractivity contribution in [2.45, 2.75) is 38.1 Å². The Balaban J connectivity index is 1.33. The number of benzene rings is 1. The maximum Gasteiger partial charge on any atom is 0.419 e. The summed E-state index contributed by atoms with van der Waals surface area (Å²) in [6, 6.07) is 7.30. The first kappa shape index (κ1) is 17.2. The molecule has 1 amide bonds. The molecule has 1 aliphatic heterocycles. The predicted octanol–water partition coefficient (Wildman–Crippen LogP) is 1.91. The molecular formula is C20H23N5O3. The Morgan fingerprint density at radius 2 is 2.14 bits per heavy atom. The number of para-hydroxylation sites is 2. The largest absolute Gasteiger partial charge is 0.419 e. The molecule has 3 heterocycles. The SMILES string of the molecule is Cn1cnnc1C1CN(C(=O)CCn2c(=O)oc3ccccc32)CC12CCC2. The van der Waals surface area contributed by atoms with Crippen LogP contribution in [-0.4, -0.2) is 43.2 Å². The van der Waals surface area contributed by atoms with Crippen LogP contribution in [0.3, 0.4) is 0 Å². The predicted molar refractivity (Wildman–Crippen MR) is 102 cm³/mol. The van der Waals surface area contributed by atoms with Gasteiger partial charge in [0.25, 0.3) is 0 Å². The summed E-state index contributed by atoms with van der Waals surface area (Å²) in [6.45, 7) is 1.77. The van der Waals surface area contributed by atoms with Gasteiger partial charge in [0.1, 0.15) is 12.2 Å². The van der Waals surface area contributed by atoms with Crippen LogP contribution in [-0.2, 0) is 18.4 Å². The molecule has 2 fully saturated rings. The zero-order valence-electron chi connectivity index (χ0n) is 15.9. The lowest BCUT2D eigenvalue weighted by Gasteiger charge is -2.42. The molecular weight excluding hydrogens is 358 g/mol. The van der Waals surface area contributed by atoms with E-state index in [1.807, 2.05) is 34.7 Å². The minimum absolute atomic E-state index is 0.0770. The molecule has 146 valence electrons. The van der Waals surface area contributed by atoms with E-state index in [2.05, 4.69) is 10.2 Å². The highest BCUT2D eigenvalue weighted by atomic mass is 16.4. The van der Waals surface area contributed by atoms with Gasteiger partial charge in [0.2, 0.25) is 5.91 Å². The van der Waals surface area contributed by atoms with Gasteiger partial charge in [0.15, 0.2) is 5.58 Å². The summed E-state index contributed by atoms with van der Waals surface area (Å²) >= 11 is 0. The Morgan fingerprint density at radius 1 is 1.32 bits per heavy atom. The smallest absolute Gasteiger partial charge is 0.408 e. The summed E-state index contributed by atoms with van der Waals surface area (Å²) in [7, 11) is 1.96. The number of amides is 1. The molecule has 0 radical (unpaired) electrons. The van der Waals surface area contributed by atoms with Gasteiger partial charge >= 0.3 is 5.76 Å². The first-order chi connectivity index (χ1) is 13.6. The third-order valence-electron chi connectivity index (χ3n) is 6.53. The van der Waals surface area contributed by atoms with Crippen LogP contribution in [0.5, 0.6) is 0 Å². The Hall–Kier alpha value is -2.90. The van der Waals surface area contributed by atoms with Gasteiger partial charge in [0, 0.05) is 39.0 Å². The van der Waals surface area contributed by atoms with Crippen molar-refractivity contribution < 1.29 is 9.21 Å². The highest BCUT2D eigenvalue weighted by molar-refractivity contribution is 5.77. The third kappa shape index (κ3) is 2.58. The second-order valence-corrected chi connectivity index (χ2v) is 8.08. The monoisotopic (exact) mass is 381 g/mol. The fraction of sp³-hybridized carbons (Fsp3) is 0.500. The van der Waals surface area contributed by atoms with Gasteiger partial charge in [0.05, 0.1) is 5.52 Å². The molecule has 28 heavy (non-hydrogen) atoms. The van der Waals surface area contributed by atoms with Gasteiger partial charge in [-0.25, -0.2) is 4.79 Å². The number of carbonyl (C=O) groups excluding carboxylic acids is 1. The number of oxazole rings is 1. The number of hydrogen-bond acceptors (Lipinski definition) is 5. The van der Waals surface area contributed by atoms with Gasteiger partial charge in [-0.3, -0.25) is 9.36 Å². The summed E-state index contributed by atoms with van der Waals surface area (Å²) in [5.74, 6) is 0.859. The fourth-order valence-corrected chi connectivity index (χ4v) is 4.85. The zero-order chi connectivity index (χ0) is 19.3. The summed E-state index contributed by atoms with van der Waals surface area (Å²) in [5.41, 5.74) is 1.42. The van der Waals surface area contributed by atoms with Crippen molar-refractivity contribution >= 4 is 17.0 Å². The Kier molecular flexibility index (Phi) is 3.89. The second-order valence-electron chi connectivity index (χ2n) is 8.08. The molecule has 3 aromatic rings. The Bertz CT molecular complexity index is 1090. The molecule has 0 N–H and O–H groups in total. The first-order valence-electron chi connectivity index (χ1n) is 9.77. The van der Waals surface area contributed by atoms with E-state index in [1.54, 1.807) is 17.0 Å². The Morgan fingerprint density at radius 3 is 2.86 bits per heavy atom. The van der Waals surface area contributed by atoms with E-state index < -0.39 is 5.76 Å². The molecule has 5 rings (SSSR count). The van der Waals surface area contributed by atoms with Gasteiger partial charge in [-0.2, -0.15) is 0 Å². The van der Waals surface area contributed by atoms with Crippen LogP contribution in [0.15, 0.2) is 39.8 Å². The number of likely N-dealkylation sites (tertiary alicyclic amines) is 1. The van der Waals surface area contributed by atoms with Crippen LogP contribution in [0, 0.1) is 5.41 Å². The second kappa shape index (κ2) is 6.32. The lowest BCUT2D eigenvalue weighted by atomic mass is 9.62. The lowest BCUT2D eigenvalue weighted by molar-refractivity contribution is -0.131. The standard InChI is InChI=1S/C20H23N5O3/c1-23-13-21-22-18(23)14-11-24(12-20(14)8-4-9-20)17(26)7-10-25-15-5-2-3-6-16(15)28-19(25)27/h2-3,5-6,13-14H,4,7-12H2,1H3. The molecule has 1 saturated carbocycles. The number of hydrogen-bond donors (Lipinski definition) is 0. The third-order valence-corrected chi connectivity index (χ3v) is 6.53. The average molecular weight is 381 g/mol. The van der Waals surface area contributed by atoms with Crippen molar-refractivity contribution in [2.75, 3.05) is 13.1 Å². The van der Waals surface area contributed by atoms with E-state index in [0.717, 1.165) is 30.7 Å². The van der Waals surface area contributed by atoms with E-state index in [-0.39, 0.29) is 23.7 Å². The van der Waals surface area contributed by atoms with Crippen molar-refractivity contribution in [2.24, 2.45) is 12.5 Å². The molecule has 1 atom stereocenters. The van der Waals surface area contributed by atoms with E-state index in [4.69, 9.17) is 4.42 Å². The maximum absolute atomic E-state index is 13.0. The van der Waals surface area contributed by atoms with Crippen molar-refractivity contribution in [3.8, 4) is 0 Å². The van der Waals surface area contributed by atoms with Gasteiger partial charge in [-0.15, -0.1) is 10.2 Å². The Labute approximate surface area is 161 Å². The van der Waals surface area contributed by atoms with Crippen molar-refractivity contribution in [1.29, 1.82) is 0 Å². The summed E-state index contributed by atoms with van der Waals surface area (Å²) in [6.07, 6.45) is 5.46. The molecule has 1 unspecified atom stereocenters. The van der Waals surface area contributed by atoms with Crippen LogP contribution in [0.4, 0.5) is 0 Å². The van der Waals surface area contributed by atoms with Crippen LogP contribution in [0.2, 0.25) is 0 Å². The summed E-state index contributed by atoms with van der Waals surface area (Å²) in [4.78, 5) is 27.0. The van der Waals surface area contributed by atoms with Gasteiger partial charge < -0.3 is 13.9 Å². The van der Waals surface area contributed by atoms with Gasteiger partial charge in [-0.05, 0) is 30.4 Å². The molecule has 1 aliphatic carbocycles. The van der Waals surface area contributed by atoms with Crippen LogP contribution in [0.1, 0.15) is 37.4 Å². The number of carbonyl (C=O) groups is 1. The zero-order valence-corrected chi connectivity index (χ0v) is 15.9.